The molecule has 0 saturated carbocycles. The van der Waals surface area contributed by atoms with E-state index < -0.39 is 0 Å². The number of rotatable bonds is 5. The predicted octanol–water partition coefficient (Wildman–Crippen LogP) is 3.36. The molecule has 1 aromatic rings. The van der Waals surface area contributed by atoms with Crippen molar-refractivity contribution >= 4 is 27.3 Å². The first-order valence-corrected chi connectivity index (χ1v) is 6.24. The molecule has 1 aromatic heterocycles. The second-order valence-corrected chi connectivity index (χ2v) is 5.59. The highest BCUT2D eigenvalue weighted by Crippen LogP contribution is 2.21. The molecule has 0 bridgehead atoms. The van der Waals surface area contributed by atoms with Crippen LogP contribution in [0, 0.1) is 12.3 Å². The van der Waals surface area contributed by atoms with Gasteiger partial charge in [0.1, 0.15) is 0 Å². The summed E-state index contributed by atoms with van der Waals surface area (Å²) in [5, 5.41) is 2.18. The largest absolute Gasteiger partial charge is 0.302 e. The fraction of sp³-hybridized carbons (Fsp3) is 0.455. The number of hydrogen-bond donors (Lipinski definition) is 0. The minimum Gasteiger partial charge on any atom is -0.302 e. The maximum Gasteiger partial charge on any atom is 0.0701 e. The molecular weight excluding hydrogens is 258 g/mol. The summed E-state index contributed by atoms with van der Waals surface area (Å²) in [5.41, 5.74) is 1.37. The van der Waals surface area contributed by atoms with Crippen LogP contribution in [0.3, 0.4) is 0 Å². The van der Waals surface area contributed by atoms with E-state index in [-0.39, 0.29) is 0 Å². The highest BCUT2D eigenvalue weighted by molar-refractivity contribution is 9.11. The van der Waals surface area contributed by atoms with E-state index in [1.165, 1.54) is 9.35 Å². The van der Waals surface area contributed by atoms with Crippen molar-refractivity contribution in [3.05, 3.63) is 20.8 Å². The first-order valence-electron chi connectivity index (χ1n) is 4.57. The molecule has 0 unspecified atom stereocenters. The lowest BCUT2D eigenvalue weighted by Gasteiger charge is -2.14. The highest BCUT2D eigenvalue weighted by Gasteiger charge is 2.01. The summed E-state index contributed by atoms with van der Waals surface area (Å²) in [7, 11) is 2.13. The Balaban J connectivity index is 2.27. The van der Waals surface area contributed by atoms with Crippen molar-refractivity contribution in [2.45, 2.75) is 19.4 Å². The summed E-state index contributed by atoms with van der Waals surface area (Å²) < 4.78 is 1.20. The molecule has 0 aliphatic rings. The number of halogens is 1. The molecule has 0 aromatic carbocycles. The van der Waals surface area contributed by atoms with Crippen molar-refractivity contribution in [2.75, 3.05) is 13.6 Å². The highest BCUT2D eigenvalue weighted by atomic mass is 79.9. The van der Waals surface area contributed by atoms with Gasteiger partial charge in [0.15, 0.2) is 0 Å². The first kappa shape index (κ1) is 11.8. The fourth-order valence-electron chi connectivity index (χ4n) is 1.27. The maximum atomic E-state index is 5.20. The summed E-state index contributed by atoms with van der Waals surface area (Å²) in [4.78, 5) is 2.30. The molecule has 0 saturated heterocycles. The fourth-order valence-corrected chi connectivity index (χ4v) is 2.47. The SMILES string of the molecule is C#CCCCN(C)Cc1csc(Br)c1. The molecule has 1 rings (SSSR count). The first-order chi connectivity index (χ1) is 6.72. The average molecular weight is 272 g/mol. The Morgan fingerprint density at radius 1 is 1.64 bits per heavy atom. The minimum absolute atomic E-state index is 0.873. The normalized spacial score (nSPS) is 10.4. The molecule has 0 N–H and O–H groups in total. The second kappa shape index (κ2) is 6.23. The zero-order chi connectivity index (χ0) is 10.4. The molecule has 0 spiro atoms. The average Bonchev–Trinajstić information content (AvgIpc) is 2.52. The van der Waals surface area contributed by atoms with Crippen molar-refractivity contribution in [3.63, 3.8) is 0 Å². The van der Waals surface area contributed by atoms with Crippen molar-refractivity contribution in [2.24, 2.45) is 0 Å². The van der Waals surface area contributed by atoms with Gasteiger partial charge in [0.05, 0.1) is 3.79 Å². The van der Waals surface area contributed by atoms with Gasteiger partial charge in [-0.25, -0.2) is 0 Å². The van der Waals surface area contributed by atoms with Crippen LogP contribution in [0.2, 0.25) is 0 Å². The molecule has 76 valence electrons. The number of thiophene rings is 1. The number of hydrogen-bond acceptors (Lipinski definition) is 2. The quantitative estimate of drug-likeness (QED) is 0.587. The molecule has 0 fully saturated rings. The van der Waals surface area contributed by atoms with Crippen LogP contribution in [0.4, 0.5) is 0 Å². The summed E-state index contributed by atoms with van der Waals surface area (Å²) in [6, 6.07) is 2.17. The smallest absolute Gasteiger partial charge is 0.0701 e. The van der Waals surface area contributed by atoms with E-state index in [2.05, 4.69) is 45.2 Å². The maximum absolute atomic E-state index is 5.20. The Hall–Kier alpha value is -0.300. The van der Waals surface area contributed by atoms with Crippen molar-refractivity contribution in [3.8, 4) is 12.3 Å². The van der Waals surface area contributed by atoms with Gasteiger partial charge >= 0.3 is 0 Å². The van der Waals surface area contributed by atoms with Crippen LogP contribution in [-0.4, -0.2) is 18.5 Å². The standard InChI is InChI=1S/C11H14BrNS/c1-3-4-5-6-13(2)8-10-7-11(12)14-9-10/h1,7,9H,4-6,8H2,2H3. The van der Waals surface area contributed by atoms with Gasteiger partial charge in [-0.3, -0.25) is 0 Å². The van der Waals surface area contributed by atoms with Crippen molar-refractivity contribution in [1.82, 2.24) is 4.90 Å². The van der Waals surface area contributed by atoms with Crippen LogP contribution < -0.4 is 0 Å². The van der Waals surface area contributed by atoms with Crippen LogP contribution in [-0.2, 0) is 6.54 Å². The van der Waals surface area contributed by atoms with E-state index in [0.717, 1.165) is 25.9 Å². The summed E-state index contributed by atoms with van der Waals surface area (Å²) in [5.74, 6) is 2.66. The summed E-state index contributed by atoms with van der Waals surface area (Å²) >= 11 is 5.19. The Morgan fingerprint density at radius 2 is 2.43 bits per heavy atom. The molecule has 0 atom stereocenters. The minimum atomic E-state index is 0.873. The molecule has 3 heteroatoms. The Morgan fingerprint density at radius 3 is 3.00 bits per heavy atom. The molecule has 0 radical (unpaired) electrons. The third-order valence-corrected chi connectivity index (χ3v) is 3.49. The van der Waals surface area contributed by atoms with E-state index in [1.807, 2.05) is 0 Å². The van der Waals surface area contributed by atoms with Gasteiger partial charge in [0, 0.05) is 13.0 Å². The van der Waals surface area contributed by atoms with E-state index in [9.17, 15) is 0 Å². The molecule has 1 nitrogen and oxygen atoms in total. The van der Waals surface area contributed by atoms with Crippen molar-refractivity contribution in [1.29, 1.82) is 0 Å². The van der Waals surface area contributed by atoms with E-state index in [4.69, 9.17) is 6.42 Å². The summed E-state index contributed by atoms with van der Waals surface area (Å²) in [6.45, 7) is 2.07. The van der Waals surface area contributed by atoms with Gasteiger partial charge in [-0.05, 0) is 53.0 Å². The lowest BCUT2D eigenvalue weighted by Crippen LogP contribution is -2.18. The molecule has 1 heterocycles. The van der Waals surface area contributed by atoms with Gasteiger partial charge in [-0.15, -0.1) is 23.7 Å². The zero-order valence-electron chi connectivity index (χ0n) is 8.29. The Kier molecular flexibility index (Phi) is 5.24. The molecular formula is C11H14BrNS. The Labute approximate surface area is 98.3 Å². The van der Waals surface area contributed by atoms with Gasteiger partial charge in [0.25, 0.3) is 0 Å². The van der Waals surface area contributed by atoms with Crippen LogP contribution in [0.15, 0.2) is 15.2 Å². The Bertz CT molecular complexity index is 313. The van der Waals surface area contributed by atoms with Gasteiger partial charge < -0.3 is 4.90 Å². The third kappa shape index (κ3) is 4.28. The van der Waals surface area contributed by atoms with Crippen molar-refractivity contribution < 1.29 is 0 Å². The number of terminal acetylenes is 1. The van der Waals surface area contributed by atoms with Gasteiger partial charge in [-0.2, -0.15) is 0 Å². The van der Waals surface area contributed by atoms with Crippen LogP contribution in [0.1, 0.15) is 18.4 Å². The second-order valence-electron chi connectivity index (χ2n) is 3.30. The third-order valence-electron chi connectivity index (χ3n) is 1.94. The van der Waals surface area contributed by atoms with Gasteiger partial charge in [0.2, 0.25) is 0 Å². The zero-order valence-corrected chi connectivity index (χ0v) is 10.7. The monoisotopic (exact) mass is 271 g/mol. The molecule has 0 aliphatic carbocycles. The van der Waals surface area contributed by atoms with Gasteiger partial charge in [-0.1, -0.05) is 0 Å². The molecule has 0 aliphatic heterocycles. The number of unbranched alkanes of at least 4 members (excludes halogenated alkanes) is 1. The molecule has 14 heavy (non-hydrogen) atoms. The summed E-state index contributed by atoms with van der Waals surface area (Å²) in [6.07, 6.45) is 7.15. The van der Waals surface area contributed by atoms with E-state index >= 15 is 0 Å². The lowest BCUT2D eigenvalue weighted by atomic mass is 10.3. The topological polar surface area (TPSA) is 3.24 Å². The van der Waals surface area contributed by atoms with Crippen LogP contribution in [0.25, 0.3) is 0 Å². The van der Waals surface area contributed by atoms with Crippen LogP contribution in [0.5, 0.6) is 0 Å². The van der Waals surface area contributed by atoms with E-state index in [1.54, 1.807) is 11.3 Å². The predicted molar refractivity (Wildman–Crippen MR) is 66.4 cm³/mol. The lowest BCUT2D eigenvalue weighted by molar-refractivity contribution is 0.324. The molecule has 0 amide bonds. The van der Waals surface area contributed by atoms with E-state index in [0.29, 0.717) is 0 Å². The van der Waals surface area contributed by atoms with Crippen LogP contribution >= 0.6 is 27.3 Å². The number of nitrogens with zero attached hydrogens (tertiary/aromatic N) is 1.